The van der Waals surface area contributed by atoms with E-state index in [0.717, 1.165) is 12.1 Å². The van der Waals surface area contributed by atoms with Gasteiger partial charge < -0.3 is 5.73 Å². The molecule has 0 aromatic heterocycles. The lowest BCUT2D eigenvalue weighted by atomic mass is 9.85. The van der Waals surface area contributed by atoms with E-state index in [1.807, 2.05) is 0 Å². The third kappa shape index (κ3) is 1.61. The van der Waals surface area contributed by atoms with Gasteiger partial charge in [0.05, 0.1) is 11.1 Å². The maximum atomic E-state index is 14.1. The van der Waals surface area contributed by atoms with E-state index in [0.29, 0.717) is 12.8 Å². The Labute approximate surface area is 92.5 Å². The first-order valence-corrected chi connectivity index (χ1v) is 5.39. The zero-order chi connectivity index (χ0) is 11.8. The van der Waals surface area contributed by atoms with Gasteiger partial charge in [-0.2, -0.15) is 8.78 Å². The van der Waals surface area contributed by atoms with E-state index in [2.05, 4.69) is 0 Å². The molecule has 1 saturated carbocycles. The molecule has 4 heteroatoms. The minimum absolute atomic E-state index is 0.244. The van der Waals surface area contributed by atoms with Crippen LogP contribution >= 0.6 is 0 Å². The lowest BCUT2D eigenvalue weighted by molar-refractivity contribution is -0.0821. The van der Waals surface area contributed by atoms with E-state index in [-0.39, 0.29) is 12.8 Å². The Morgan fingerprint density at radius 2 is 1.69 bits per heavy atom. The zero-order valence-corrected chi connectivity index (χ0v) is 8.85. The number of hydrogen-bond donors (Lipinski definition) is 1. The topological polar surface area (TPSA) is 26.0 Å². The zero-order valence-electron chi connectivity index (χ0n) is 8.85. The minimum Gasteiger partial charge on any atom is -0.320 e. The van der Waals surface area contributed by atoms with Crippen molar-refractivity contribution in [3.05, 3.63) is 35.6 Å². The van der Waals surface area contributed by atoms with Crippen molar-refractivity contribution in [2.24, 2.45) is 5.73 Å². The van der Waals surface area contributed by atoms with Crippen LogP contribution in [0.5, 0.6) is 0 Å². The Hall–Kier alpha value is -1.03. The molecule has 0 radical (unpaired) electrons. The van der Waals surface area contributed by atoms with Crippen molar-refractivity contribution in [1.82, 2.24) is 0 Å². The largest absolute Gasteiger partial charge is 0.320 e. The van der Waals surface area contributed by atoms with Crippen LogP contribution in [-0.4, -0.2) is 5.54 Å². The van der Waals surface area contributed by atoms with E-state index >= 15 is 0 Å². The van der Waals surface area contributed by atoms with Gasteiger partial charge in [-0.25, -0.2) is 4.39 Å². The Kier molecular flexibility index (Phi) is 2.70. The monoisotopic (exact) mass is 229 g/mol. The van der Waals surface area contributed by atoms with Crippen molar-refractivity contribution in [1.29, 1.82) is 0 Å². The second-order valence-electron chi connectivity index (χ2n) is 4.42. The first-order valence-electron chi connectivity index (χ1n) is 5.39. The Morgan fingerprint density at radius 1 is 1.12 bits per heavy atom. The summed E-state index contributed by atoms with van der Waals surface area (Å²) in [7, 11) is 0. The van der Waals surface area contributed by atoms with Crippen LogP contribution in [0.15, 0.2) is 24.3 Å². The van der Waals surface area contributed by atoms with E-state index < -0.39 is 22.8 Å². The second kappa shape index (κ2) is 3.77. The summed E-state index contributed by atoms with van der Waals surface area (Å²) in [6, 6.07) is 4.96. The smallest absolute Gasteiger partial charge is 0.293 e. The molecule has 0 unspecified atom stereocenters. The maximum Gasteiger partial charge on any atom is 0.293 e. The van der Waals surface area contributed by atoms with Gasteiger partial charge in [0.25, 0.3) is 5.92 Å². The highest BCUT2D eigenvalue weighted by Crippen LogP contribution is 2.46. The quantitative estimate of drug-likeness (QED) is 0.828. The minimum atomic E-state index is -3.30. The molecule has 1 aliphatic rings. The van der Waals surface area contributed by atoms with Gasteiger partial charge in [0.2, 0.25) is 0 Å². The number of benzene rings is 1. The predicted octanol–water partition coefficient (Wildman–Crippen LogP) is 3.19. The SMILES string of the molecule is NC1(C(F)(F)c2ccccc2F)CCCC1. The second-order valence-corrected chi connectivity index (χ2v) is 4.42. The van der Waals surface area contributed by atoms with Crippen molar-refractivity contribution in [2.75, 3.05) is 0 Å². The molecule has 0 atom stereocenters. The maximum absolute atomic E-state index is 14.1. The number of hydrogen-bond acceptors (Lipinski definition) is 1. The van der Waals surface area contributed by atoms with E-state index in [1.165, 1.54) is 12.1 Å². The van der Waals surface area contributed by atoms with Gasteiger partial charge in [0.1, 0.15) is 5.82 Å². The number of nitrogens with two attached hydrogens (primary N) is 1. The average Bonchev–Trinajstić information content (AvgIpc) is 2.67. The summed E-state index contributed by atoms with van der Waals surface area (Å²) in [5.41, 5.74) is 3.55. The molecule has 0 bridgehead atoms. The van der Waals surface area contributed by atoms with Gasteiger partial charge in [-0.05, 0) is 18.9 Å². The lowest BCUT2D eigenvalue weighted by Crippen LogP contribution is -2.51. The highest BCUT2D eigenvalue weighted by molar-refractivity contribution is 5.27. The molecule has 0 saturated heterocycles. The fourth-order valence-corrected chi connectivity index (χ4v) is 2.30. The Balaban J connectivity index is 2.42. The van der Waals surface area contributed by atoms with E-state index in [4.69, 9.17) is 5.73 Å². The molecule has 1 aromatic rings. The van der Waals surface area contributed by atoms with Crippen LogP contribution in [0.3, 0.4) is 0 Å². The summed E-state index contributed by atoms with van der Waals surface area (Å²) >= 11 is 0. The van der Waals surface area contributed by atoms with Crippen molar-refractivity contribution >= 4 is 0 Å². The molecule has 1 aromatic carbocycles. The molecule has 0 spiro atoms. The van der Waals surface area contributed by atoms with Crippen LogP contribution < -0.4 is 5.73 Å². The van der Waals surface area contributed by atoms with Crippen LogP contribution in [0.25, 0.3) is 0 Å². The molecular weight excluding hydrogens is 215 g/mol. The Bertz CT molecular complexity index is 384. The first-order chi connectivity index (χ1) is 7.47. The number of alkyl halides is 2. The predicted molar refractivity (Wildman–Crippen MR) is 55.7 cm³/mol. The third-order valence-corrected chi connectivity index (χ3v) is 3.33. The summed E-state index contributed by atoms with van der Waals surface area (Å²) in [6.45, 7) is 0. The van der Waals surface area contributed by atoms with Gasteiger partial charge in [-0.3, -0.25) is 0 Å². The van der Waals surface area contributed by atoms with Crippen LogP contribution in [0.2, 0.25) is 0 Å². The molecule has 1 aliphatic carbocycles. The summed E-state index contributed by atoms with van der Waals surface area (Å²) in [6.07, 6.45) is 1.85. The molecule has 88 valence electrons. The average molecular weight is 229 g/mol. The molecule has 1 nitrogen and oxygen atoms in total. The normalized spacial score (nSPS) is 20.0. The molecule has 2 N–H and O–H groups in total. The lowest BCUT2D eigenvalue weighted by Gasteiger charge is -2.33. The number of rotatable bonds is 2. The van der Waals surface area contributed by atoms with Gasteiger partial charge >= 0.3 is 0 Å². The Morgan fingerprint density at radius 3 is 2.25 bits per heavy atom. The molecule has 0 amide bonds. The van der Waals surface area contributed by atoms with E-state index in [9.17, 15) is 13.2 Å². The van der Waals surface area contributed by atoms with Gasteiger partial charge in [-0.15, -0.1) is 0 Å². The van der Waals surface area contributed by atoms with Crippen molar-refractivity contribution in [3.8, 4) is 0 Å². The molecule has 0 aliphatic heterocycles. The summed E-state index contributed by atoms with van der Waals surface area (Å²) < 4.78 is 41.7. The highest BCUT2D eigenvalue weighted by atomic mass is 19.3. The molecule has 1 fully saturated rings. The van der Waals surface area contributed by atoms with Crippen LogP contribution in [0.4, 0.5) is 13.2 Å². The van der Waals surface area contributed by atoms with Gasteiger partial charge in [-0.1, -0.05) is 31.0 Å². The molecule has 0 heterocycles. The first kappa shape index (κ1) is 11.5. The summed E-state index contributed by atoms with van der Waals surface area (Å²) in [5.74, 6) is -4.18. The van der Waals surface area contributed by atoms with Crippen LogP contribution in [0, 0.1) is 5.82 Å². The van der Waals surface area contributed by atoms with Gasteiger partial charge in [0, 0.05) is 0 Å². The van der Waals surface area contributed by atoms with Crippen LogP contribution in [-0.2, 0) is 5.92 Å². The highest BCUT2D eigenvalue weighted by Gasteiger charge is 2.54. The number of halogens is 3. The van der Waals surface area contributed by atoms with Crippen LogP contribution in [0.1, 0.15) is 31.2 Å². The van der Waals surface area contributed by atoms with Crippen molar-refractivity contribution in [3.63, 3.8) is 0 Å². The molecule has 2 rings (SSSR count). The summed E-state index contributed by atoms with van der Waals surface area (Å²) in [4.78, 5) is 0. The fourth-order valence-electron chi connectivity index (χ4n) is 2.30. The molecular formula is C12H14F3N. The fraction of sp³-hybridized carbons (Fsp3) is 0.500. The third-order valence-electron chi connectivity index (χ3n) is 3.33. The van der Waals surface area contributed by atoms with Gasteiger partial charge in [0.15, 0.2) is 0 Å². The summed E-state index contributed by atoms with van der Waals surface area (Å²) in [5, 5.41) is 0. The van der Waals surface area contributed by atoms with E-state index in [1.54, 1.807) is 0 Å². The molecule has 16 heavy (non-hydrogen) atoms. The van der Waals surface area contributed by atoms with Crippen molar-refractivity contribution in [2.45, 2.75) is 37.1 Å². The standard InChI is InChI=1S/C12H14F3N/c13-10-6-2-1-5-9(10)12(14,15)11(16)7-3-4-8-11/h1-2,5-6H,3-4,7-8,16H2. The van der Waals surface area contributed by atoms with Crippen molar-refractivity contribution < 1.29 is 13.2 Å².